The molecule has 2 heterocycles. The highest BCUT2D eigenvalue weighted by atomic mass is 32.2. The third-order valence-corrected chi connectivity index (χ3v) is 7.36. The second-order valence-corrected chi connectivity index (χ2v) is 10.0. The number of nitrogens with zero attached hydrogens (tertiary/aromatic N) is 2. The fraction of sp³-hybridized carbons (Fsp3) is 0.241. The molecule has 0 spiro atoms. The second kappa shape index (κ2) is 11.7. The van der Waals surface area contributed by atoms with E-state index in [0.717, 1.165) is 30.2 Å². The minimum atomic E-state index is -0.419. The van der Waals surface area contributed by atoms with E-state index >= 15 is 0 Å². The Morgan fingerprint density at radius 3 is 2.55 bits per heavy atom. The molecule has 1 N–H and O–H groups in total. The van der Waals surface area contributed by atoms with E-state index in [-0.39, 0.29) is 35.7 Å². The molecular formula is C29H26FN3O4S. The van der Waals surface area contributed by atoms with Crippen molar-refractivity contribution in [1.82, 2.24) is 14.9 Å². The maximum Gasteiger partial charge on any atom is 0.262 e. The van der Waals surface area contributed by atoms with Gasteiger partial charge in [0.2, 0.25) is 0 Å². The lowest BCUT2D eigenvalue weighted by atomic mass is 10.1. The molecule has 1 saturated heterocycles. The molecule has 194 valence electrons. The fourth-order valence-corrected chi connectivity index (χ4v) is 5.21. The number of carbonyl (C=O) groups is 2. The van der Waals surface area contributed by atoms with E-state index in [0.29, 0.717) is 40.3 Å². The SMILES string of the molecule is O=C(CSc1nc2cc(C(=O)NCC3CCCO3)ccc2c(=O)n1Cc1ccccc1)c1ccc(F)cc1. The quantitative estimate of drug-likeness (QED) is 0.195. The van der Waals surface area contributed by atoms with Crippen molar-refractivity contribution >= 4 is 34.4 Å². The van der Waals surface area contributed by atoms with Crippen molar-refractivity contribution in [1.29, 1.82) is 0 Å². The fourth-order valence-electron chi connectivity index (χ4n) is 4.32. The van der Waals surface area contributed by atoms with Crippen LogP contribution in [0.25, 0.3) is 10.9 Å². The van der Waals surface area contributed by atoms with E-state index < -0.39 is 5.82 Å². The second-order valence-electron chi connectivity index (χ2n) is 9.07. The molecule has 5 rings (SSSR count). The summed E-state index contributed by atoms with van der Waals surface area (Å²) in [7, 11) is 0. The van der Waals surface area contributed by atoms with Gasteiger partial charge in [0.15, 0.2) is 10.9 Å². The van der Waals surface area contributed by atoms with E-state index in [4.69, 9.17) is 9.72 Å². The maximum atomic E-state index is 13.6. The van der Waals surface area contributed by atoms with Crippen LogP contribution in [0.4, 0.5) is 4.39 Å². The number of carbonyl (C=O) groups excluding carboxylic acids is 2. The lowest BCUT2D eigenvalue weighted by molar-refractivity contribution is 0.0857. The van der Waals surface area contributed by atoms with Gasteiger partial charge in [-0.3, -0.25) is 19.0 Å². The number of rotatable bonds is 9. The summed E-state index contributed by atoms with van der Waals surface area (Å²) < 4.78 is 20.4. The molecule has 0 bridgehead atoms. The summed E-state index contributed by atoms with van der Waals surface area (Å²) in [5.74, 6) is -0.881. The van der Waals surface area contributed by atoms with Crippen LogP contribution in [0, 0.1) is 5.82 Å². The summed E-state index contributed by atoms with van der Waals surface area (Å²) in [6, 6.07) is 19.7. The highest BCUT2D eigenvalue weighted by Crippen LogP contribution is 2.22. The van der Waals surface area contributed by atoms with Crippen LogP contribution in [0.3, 0.4) is 0 Å². The first kappa shape index (κ1) is 25.8. The van der Waals surface area contributed by atoms with Gasteiger partial charge in [-0.05, 0) is 60.9 Å². The first-order chi connectivity index (χ1) is 18.5. The molecule has 1 aliphatic heterocycles. The van der Waals surface area contributed by atoms with Crippen LogP contribution in [0.1, 0.15) is 39.1 Å². The van der Waals surface area contributed by atoms with Crippen molar-refractivity contribution in [3.05, 3.63) is 106 Å². The van der Waals surface area contributed by atoms with Gasteiger partial charge in [0.05, 0.1) is 29.3 Å². The number of halogens is 1. The van der Waals surface area contributed by atoms with Crippen LogP contribution in [0.15, 0.2) is 82.7 Å². The molecule has 1 aromatic heterocycles. The van der Waals surface area contributed by atoms with Gasteiger partial charge < -0.3 is 10.1 Å². The average molecular weight is 532 g/mol. The molecule has 3 aromatic carbocycles. The lowest BCUT2D eigenvalue weighted by Gasteiger charge is -2.14. The number of thioether (sulfide) groups is 1. The first-order valence-corrected chi connectivity index (χ1v) is 13.4. The minimum Gasteiger partial charge on any atom is -0.376 e. The Morgan fingerprint density at radius 1 is 1.05 bits per heavy atom. The average Bonchev–Trinajstić information content (AvgIpc) is 3.46. The van der Waals surface area contributed by atoms with Gasteiger partial charge in [-0.25, -0.2) is 9.37 Å². The Bertz CT molecular complexity index is 1520. The molecule has 1 aliphatic rings. The molecule has 0 aliphatic carbocycles. The molecule has 9 heteroatoms. The zero-order valence-electron chi connectivity index (χ0n) is 20.6. The zero-order valence-corrected chi connectivity index (χ0v) is 21.4. The van der Waals surface area contributed by atoms with E-state index in [9.17, 15) is 18.8 Å². The number of ether oxygens (including phenoxy) is 1. The Labute approximate surface area is 223 Å². The molecule has 1 fully saturated rings. The Morgan fingerprint density at radius 2 is 1.82 bits per heavy atom. The highest BCUT2D eigenvalue weighted by Gasteiger charge is 2.19. The van der Waals surface area contributed by atoms with Gasteiger partial charge >= 0.3 is 0 Å². The number of hydrogen-bond acceptors (Lipinski definition) is 6. The van der Waals surface area contributed by atoms with Gasteiger partial charge in [-0.2, -0.15) is 0 Å². The van der Waals surface area contributed by atoms with E-state index in [1.165, 1.54) is 28.8 Å². The number of Topliss-reactive ketones (excluding diaryl/α,β-unsaturated/α-hetero) is 1. The van der Waals surface area contributed by atoms with Crippen molar-refractivity contribution in [2.24, 2.45) is 0 Å². The summed E-state index contributed by atoms with van der Waals surface area (Å²) in [4.78, 5) is 43.8. The van der Waals surface area contributed by atoms with E-state index in [1.54, 1.807) is 18.2 Å². The largest absolute Gasteiger partial charge is 0.376 e. The number of benzene rings is 3. The van der Waals surface area contributed by atoms with E-state index in [1.807, 2.05) is 30.3 Å². The van der Waals surface area contributed by atoms with Gasteiger partial charge in [0.1, 0.15) is 5.82 Å². The summed E-state index contributed by atoms with van der Waals surface area (Å²) in [6.45, 7) is 1.41. The molecule has 1 amide bonds. The summed E-state index contributed by atoms with van der Waals surface area (Å²) in [5.41, 5.74) is 1.79. The van der Waals surface area contributed by atoms with Gasteiger partial charge in [0.25, 0.3) is 11.5 Å². The van der Waals surface area contributed by atoms with Gasteiger partial charge in [-0.15, -0.1) is 0 Å². The van der Waals surface area contributed by atoms with Gasteiger partial charge in [-0.1, -0.05) is 42.1 Å². The van der Waals surface area contributed by atoms with Crippen molar-refractivity contribution in [3.63, 3.8) is 0 Å². The number of aromatic nitrogens is 2. The zero-order chi connectivity index (χ0) is 26.5. The smallest absolute Gasteiger partial charge is 0.262 e. The standard InChI is InChI=1S/C29H26FN3O4S/c30-22-11-8-20(9-12-22)26(34)18-38-29-32-25-15-21(27(35)31-16-23-7-4-14-37-23)10-13-24(25)28(36)33(29)17-19-5-2-1-3-6-19/h1-3,5-6,8-13,15,23H,4,7,14,16-18H2,(H,31,35). The Kier molecular flexibility index (Phi) is 7.95. The molecule has 0 saturated carbocycles. The third kappa shape index (κ3) is 6.00. The van der Waals surface area contributed by atoms with E-state index in [2.05, 4.69) is 5.32 Å². The minimum absolute atomic E-state index is 0.0138. The maximum absolute atomic E-state index is 13.6. The highest BCUT2D eigenvalue weighted by molar-refractivity contribution is 7.99. The predicted molar refractivity (Wildman–Crippen MR) is 144 cm³/mol. The predicted octanol–water partition coefficient (Wildman–Crippen LogP) is 4.47. The lowest BCUT2D eigenvalue weighted by Crippen LogP contribution is -2.31. The number of fused-ring (bicyclic) bond motifs is 1. The van der Waals surface area contributed by atoms with Gasteiger partial charge in [0, 0.05) is 24.3 Å². The normalized spacial score (nSPS) is 15.0. The van der Waals surface area contributed by atoms with Crippen molar-refractivity contribution in [2.75, 3.05) is 18.9 Å². The van der Waals surface area contributed by atoms with Crippen LogP contribution >= 0.6 is 11.8 Å². The molecule has 38 heavy (non-hydrogen) atoms. The topological polar surface area (TPSA) is 90.3 Å². The Hall–Kier alpha value is -3.82. The molecule has 1 unspecified atom stereocenters. The molecule has 1 atom stereocenters. The molecule has 7 nitrogen and oxygen atoms in total. The van der Waals surface area contributed by atoms with Crippen LogP contribution in [-0.4, -0.2) is 46.2 Å². The summed E-state index contributed by atoms with van der Waals surface area (Å²) in [5, 5.41) is 3.63. The van der Waals surface area contributed by atoms with Crippen LogP contribution < -0.4 is 10.9 Å². The summed E-state index contributed by atoms with van der Waals surface area (Å²) >= 11 is 1.14. The third-order valence-electron chi connectivity index (χ3n) is 6.38. The number of amides is 1. The van der Waals surface area contributed by atoms with Crippen molar-refractivity contribution < 1.29 is 18.7 Å². The van der Waals surface area contributed by atoms with Crippen LogP contribution in [0.5, 0.6) is 0 Å². The Balaban J connectivity index is 1.44. The van der Waals surface area contributed by atoms with Crippen LogP contribution in [0.2, 0.25) is 0 Å². The van der Waals surface area contributed by atoms with Crippen LogP contribution in [-0.2, 0) is 11.3 Å². The summed E-state index contributed by atoms with van der Waals surface area (Å²) in [6.07, 6.45) is 1.92. The monoisotopic (exact) mass is 531 g/mol. The van der Waals surface area contributed by atoms with Crippen molar-refractivity contribution in [2.45, 2.75) is 30.6 Å². The van der Waals surface area contributed by atoms with Crippen molar-refractivity contribution in [3.8, 4) is 0 Å². The number of hydrogen-bond donors (Lipinski definition) is 1. The molecular weight excluding hydrogens is 505 g/mol. The molecule has 4 aromatic rings. The first-order valence-electron chi connectivity index (χ1n) is 12.4. The number of nitrogens with one attached hydrogen (secondary N) is 1. The number of ketones is 1. The molecule has 0 radical (unpaired) electrons.